The van der Waals surface area contributed by atoms with E-state index in [9.17, 15) is 9.18 Å². The van der Waals surface area contributed by atoms with Crippen LogP contribution in [-0.4, -0.2) is 59.1 Å². The normalized spacial score (nSPS) is 15.3. The molecule has 0 bridgehead atoms. The molecule has 27 heavy (non-hydrogen) atoms. The van der Waals surface area contributed by atoms with Crippen molar-refractivity contribution in [3.8, 4) is 0 Å². The third-order valence-corrected chi connectivity index (χ3v) is 5.02. The number of carbonyl (C=O) groups excluding carboxylic acids is 1. The van der Waals surface area contributed by atoms with Crippen LogP contribution in [-0.2, 0) is 13.1 Å². The third-order valence-electron chi connectivity index (χ3n) is 5.02. The lowest BCUT2D eigenvalue weighted by atomic mass is 9.96. The predicted octanol–water partition coefficient (Wildman–Crippen LogP) is 2.67. The molecule has 1 saturated heterocycles. The molecule has 1 fully saturated rings. The van der Waals surface area contributed by atoms with Crippen molar-refractivity contribution in [2.45, 2.75) is 31.8 Å². The molecule has 1 aromatic heterocycles. The zero-order chi connectivity index (χ0) is 19.2. The summed E-state index contributed by atoms with van der Waals surface area (Å²) in [5, 5.41) is 2.88. The van der Waals surface area contributed by atoms with E-state index < -0.39 is 0 Å². The Labute approximate surface area is 160 Å². The lowest BCUT2D eigenvalue weighted by Gasteiger charge is -2.32. The first kappa shape index (κ1) is 19.4. The van der Waals surface area contributed by atoms with Crippen LogP contribution in [0.25, 0.3) is 0 Å². The van der Waals surface area contributed by atoms with Gasteiger partial charge in [0.25, 0.3) is 0 Å². The highest BCUT2D eigenvalue weighted by molar-refractivity contribution is 5.74. The highest BCUT2D eigenvalue weighted by Gasteiger charge is 2.26. The molecule has 0 spiro atoms. The number of hydrogen-bond acceptors (Lipinski definition) is 3. The van der Waals surface area contributed by atoms with Crippen molar-refractivity contribution in [3.63, 3.8) is 0 Å². The number of carbonyl (C=O) groups is 1. The molecule has 7 heteroatoms. The van der Waals surface area contributed by atoms with E-state index in [-0.39, 0.29) is 11.8 Å². The van der Waals surface area contributed by atoms with E-state index >= 15 is 0 Å². The molecule has 146 valence electrons. The highest BCUT2D eigenvalue weighted by atomic mass is 19.1. The molecular formula is C20H28FN5O. The van der Waals surface area contributed by atoms with Gasteiger partial charge in [-0.15, -0.1) is 0 Å². The largest absolute Gasteiger partial charge is 0.334 e. The van der Waals surface area contributed by atoms with Crippen LogP contribution in [0.5, 0.6) is 0 Å². The first-order valence-corrected chi connectivity index (χ1v) is 9.46. The van der Waals surface area contributed by atoms with Gasteiger partial charge in [-0.3, -0.25) is 0 Å². The molecule has 0 aliphatic carbocycles. The van der Waals surface area contributed by atoms with Crippen molar-refractivity contribution in [1.29, 1.82) is 0 Å². The number of nitrogens with one attached hydrogen (secondary N) is 1. The average molecular weight is 373 g/mol. The number of rotatable bonds is 6. The minimum absolute atomic E-state index is 0.0892. The van der Waals surface area contributed by atoms with Crippen LogP contribution in [0.2, 0.25) is 0 Å². The van der Waals surface area contributed by atoms with Gasteiger partial charge in [-0.2, -0.15) is 0 Å². The summed E-state index contributed by atoms with van der Waals surface area (Å²) in [6.07, 6.45) is 5.72. The predicted molar refractivity (Wildman–Crippen MR) is 103 cm³/mol. The second-order valence-corrected chi connectivity index (χ2v) is 7.33. The molecule has 2 heterocycles. The van der Waals surface area contributed by atoms with Gasteiger partial charge in [0.15, 0.2) is 0 Å². The summed E-state index contributed by atoms with van der Waals surface area (Å²) in [7, 11) is 4.13. The summed E-state index contributed by atoms with van der Waals surface area (Å²) in [5.41, 5.74) is 0.765. The molecule has 1 N–H and O–H groups in total. The Morgan fingerprint density at radius 3 is 2.81 bits per heavy atom. The van der Waals surface area contributed by atoms with E-state index in [2.05, 4.69) is 33.9 Å². The number of amides is 2. The zero-order valence-electron chi connectivity index (χ0n) is 16.1. The zero-order valence-corrected chi connectivity index (χ0v) is 16.1. The topological polar surface area (TPSA) is 53.4 Å². The van der Waals surface area contributed by atoms with Crippen LogP contribution >= 0.6 is 0 Å². The molecule has 1 aliphatic rings. The molecule has 1 aromatic carbocycles. The molecule has 0 radical (unpaired) electrons. The highest BCUT2D eigenvalue weighted by Crippen LogP contribution is 2.27. The van der Waals surface area contributed by atoms with Crippen molar-refractivity contribution in [2.75, 3.05) is 33.7 Å². The number of piperidine rings is 1. The Kier molecular flexibility index (Phi) is 6.45. The molecule has 0 saturated carbocycles. The molecular weight excluding hydrogens is 345 g/mol. The van der Waals surface area contributed by atoms with Crippen LogP contribution in [0.15, 0.2) is 36.7 Å². The lowest BCUT2D eigenvalue weighted by Crippen LogP contribution is -2.44. The smallest absolute Gasteiger partial charge is 0.317 e. The van der Waals surface area contributed by atoms with Gasteiger partial charge in [0.2, 0.25) is 0 Å². The number of nitrogens with zero attached hydrogens (tertiary/aromatic N) is 4. The van der Waals surface area contributed by atoms with E-state index in [0.717, 1.165) is 37.3 Å². The van der Waals surface area contributed by atoms with Crippen LogP contribution < -0.4 is 5.32 Å². The molecule has 1 aliphatic heterocycles. The van der Waals surface area contributed by atoms with Crippen LogP contribution in [0.3, 0.4) is 0 Å². The summed E-state index contributed by atoms with van der Waals surface area (Å²) in [6, 6.07) is 6.22. The fraction of sp³-hybridized carbons (Fsp3) is 0.500. The Morgan fingerprint density at radius 2 is 2.11 bits per heavy atom. The van der Waals surface area contributed by atoms with Gasteiger partial charge < -0.3 is 19.7 Å². The Morgan fingerprint density at radius 1 is 1.33 bits per heavy atom. The number of likely N-dealkylation sites (tertiary alicyclic amines) is 1. The first-order valence-electron chi connectivity index (χ1n) is 9.46. The number of urea groups is 1. The lowest BCUT2D eigenvalue weighted by molar-refractivity contribution is 0.179. The van der Waals surface area contributed by atoms with Crippen molar-refractivity contribution >= 4 is 6.03 Å². The van der Waals surface area contributed by atoms with Crippen LogP contribution in [0.1, 0.15) is 30.1 Å². The SMILES string of the molecule is CN(C)CCn1ccnc1C1CCN(C(=O)NCc2cccc(F)c2)CC1. The molecule has 3 rings (SSSR count). The van der Waals surface area contributed by atoms with E-state index in [4.69, 9.17) is 0 Å². The molecule has 0 unspecified atom stereocenters. The van der Waals surface area contributed by atoms with Gasteiger partial charge >= 0.3 is 6.03 Å². The summed E-state index contributed by atoms with van der Waals surface area (Å²) in [4.78, 5) is 20.9. The summed E-state index contributed by atoms with van der Waals surface area (Å²) in [6.45, 7) is 3.66. The van der Waals surface area contributed by atoms with Crippen LogP contribution in [0.4, 0.5) is 9.18 Å². The molecule has 6 nitrogen and oxygen atoms in total. The van der Waals surface area contributed by atoms with Crippen LogP contribution in [0, 0.1) is 5.82 Å². The number of aromatic nitrogens is 2. The number of halogens is 1. The Hall–Kier alpha value is -2.41. The van der Waals surface area contributed by atoms with E-state index in [0.29, 0.717) is 25.6 Å². The monoisotopic (exact) mass is 373 g/mol. The number of likely N-dealkylation sites (N-methyl/N-ethyl adjacent to an activating group) is 1. The Bertz CT molecular complexity index is 752. The first-order chi connectivity index (χ1) is 13.0. The van der Waals surface area contributed by atoms with E-state index in [1.807, 2.05) is 23.4 Å². The van der Waals surface area contributed by atoms with E-state index in [1.165, 1.54) is 12.1 Å². The van der Waals surface area contributed by atoms with Gasteiger partial charge in [-0.1, -0.05) is 12.1 Å². The number of hydrogen-bond donors (Lipinski definition) is 1. The quantitative estimate of drug-likeness (QED) is 0.847. The average Bonchev–Trinajstić information content (AvgIpc) is 3.13. The molecule has 2 aromatic rings. The van der Waals surface area contributed by atoms with Crippen molar-refractivity contribution in [2.24, 2.45) is 0 Å². The summed E-state index contributed by atoms with van der Waals surface area (Å²) < 4.78 is 15.4. The minimum atomic E-state index is -0.285. The summed E-state index contributed by atoms with van der Waals surface area (Å²) in [5.74, 6) is 1.22. The fourth-order valence-corrected chi connectivity index (χ4v) is 3.45. The van der Waals surface area contributed by atoms with E-state index in [1.54, 1.807) is 6.07 Å². The van der Waals surface area contributed by atoms with Gasteiger partial charge in [-0.05, 0) is 44.6 Å². The maximum Gasteiger partial charge on any atom is 0.317 e. The van der Waals surface area contributed by atoms with Gasteiger partial charge in [0, 0.05) is 51.0 Å². The molecule has 0 atom stereocenters. The number of benzene rings is 1. The Balaban J connectivity index is 1.48. The van der Waals surface area contributed by atoms with Crippen molar-refractivity contribution < 1.29 is 9.18 Å². The minimum Gasteiger partial charge on any atom is -0.334 e. The fourth-order valence-electron chi connectivity index (χ4n) is 3.45. The maximum atomic E-state index is 13.2. The number of imidazole rings is 1. The van der Waals surface area contributed by atoms with Gasteiger partial charge in [-0.25, -0.2) is 14.2 Å². The second kappa shape index (κ2) is 8.99. The van der Waals surface area contributed by atoms with Gasteiger partial charge in [0.1, 0.15) is 11.6 Å². The van der Waals surface area contributed by atoms with Gasteiger partial charge in [0.05, 0.1) is 0 Å². The summed E-state index contributed by atoms with van der Waals surface area (Å²) >= 11 is 0. The maximum absolute atomic E-state index is 13.2. The third kappa shape index (κ3) is 5.29. The molecule has 2 amide bonds. The van der Waals surface area contributed by atoms with Crippen molar-refractivity contribution in [3.05, 3.63) is 53.9 Å². The van der Waals surface area contributed by atoms with Crippen molar-refractivity contribution in [1.82, 2.24) is 24.7 Å². The second-order valence-electron chi connectivity index (χ2n) is 7.33. The standard InChI is InChI=1S/C20H28FN5O/c1-24(2)12-13-25-11-8-22-19(25)17-6-9-26(10-7-17)20(27)23-15-16-4-3-5-18(21)14-16/h3-5,8,11,14,17H,6-7,9-10,12-13,15H2,1-2H3,(H,23,27).